The van der Waals surface area contributed by atoms with Crippen molar-refractivity contribution >= 4 is 12.0 Å². The van der Waals surface area contributed by atoms with Crippen molar-refractivity contribution in [1.29, 1.82) is 0 Å². The molecule has 1 N–H and O–H groups in total. The maximum atomic E-state index is 10.2. The first-order chi connectivity index (χ1) is 6.22. The van der Waals surface area contributed by atoms with Crippen LogP contribution in [0.4, 0.5) is 0 Å². The van der Waals surface area contributed by atoms with Crippen LogP contribution in [0.2, 0.25) is 0 Å². The molecular formula is C10H9O3. The normalized spacial score (nSPS) is 10.2. The molecule has 1 radical (unpaired) electrons. The summed E-state index contributed by atoms with van der Waals surface area (Å²) < 4.78 is 4.96. The Hall–Kier alpha value is -1.77. The molecule has 0 saturated carbocycles. The number of carboxylic acid groups (broad SMARTS) is 1. The highest BCUT2D eigenvalue weighted by molar-refractivity contribution is 5.85. The predicted molar refractivity (Wildman–Crippen MR) is 48.5 cm³/mol. The molecular weight excluding hydrogens is 168 g/mol. The van der Waals surface area contributed by atoms with Gasteiger partial charge in [-0.2, -0.15) is 0 Å². The largest absolute Gasteiger partial charge is 0.497 e. The minimum atomic E-state index is -0.976. The topological polar surface area (TPSA) is 46.5 Å². The molecule has 0 aliphatic rings. The lowest BCUT2D eigenvalue weighted by Gasteiger charge is -1.98. The lowest BCUT2D eigenvalue weighted by atomic mass is 10.2. The van der Waals surface area contributed by atoms with E-state index in [9.17, 15) is 4.79 Å². The number of hydrogen-bond donors (Lipinski definition) is 1. The third-order valence-electron chi connectivity index (χ3n) is 1.44. The molecule has 0 aromatic heterocycles. The van der Waals surface area contributed by atoms with Gasteiger partial charge in [0.05, 0.1) is 7.11 Å². The van der Waals surface area contributed by atoms with Gasteiger partial charge in [-0.25, -0.2) is 4.79 Å². The minimum absolute atomic E-state index is 0.682. The minimum Gasteiger partial charge on any atom is -0.497 e. The van der Waals surface area contributed by atoms with Crippen LogP contribution in [0.5, 0.6) is 5.75 Å². The molecule has 0 heterocycles. The summed E-state index contributed by atoms with van der Waals surface area (Å²) in [6, 6.07) is 8.01. The number of aliphatic carboxylic acids is 1. The van der Waals surface area contributed by atoms with Crippen LogP contribution in [0.1, 0.15) is 5.56 Å². The van der Waals surface area contributed by atoms with E-state index in [2.05, 4.69) is 6.07 Å². The maximum absolute atomic E-state index is 10.2. The van der Waals surface area contributed by atoms with Crippen molar-refractivity contribution in [3.63, 3.8) is 0 Å². The Kier molecular flexibility index (Phi) is 3.09. The van der Waals surface area contributed by atoms with Gasteiger partial charge in [-0.05, 0) is 29.8 Å². The number of methoxy groups -OCH3 is 1. The first-order valence-corrected chi connectivity index (χ1v) is 3.69. The van der Waals surface area contributed by atoms with Crippen LogP contribution in [0, 0.1) is 6.07 Å². The second-order valence-corrected chi connectivity index (χ2v) is 2.36. The Morgan fingerprint density at radius 1 is 1.69 bits per heavy atom. The average molecular weight is 177 g/mol. The van der Waals surface area contributed by atoms with Crippen LogP contribution in [0.25, 0.3) is 6.08 Å². The molecule has 67 valence electrons. The van der Waals surface area contributed by atoms with Crippen LogP contribution < -0.4 is 4.74 Å². The number of hydrogen-bond acceptors (Lipinski definition) is 2. The highest BCUT2D eigenvalue weighted by Crippen LogP contribution is 2.12. The number of rotatable bonds is 3. The van der Waals surface area contributed by atoms with E-state index in [1.165, 1.54) is 6.08 Å². The van der Waals surface area contributed by atoms with E-state index in [1.807, 2.05) is 0 Å². The second-order valence-electron chi connectivity index (χ2n) is 2.36. The van der Waals surface area contributed by atoms with E-state index in [-0.39, 0.29) is 0 Å². The summed E-state index contributed by atoms with van der Waals surface area (Å²) in [7, 11) is 1.56. The van der Waals surface area contributed by atoms with Gasteiger partial charge in [0.15, 0.2) is 0 Å². The number of benzene rings is 1. The summed E-state index contributed by atoms with van der Waals surface area (Å²) in [4.78, 5) is 10.2. The zero-order valence-corrected chi connectivity index (χ0v) is 7.15. The van der Waals surface area contributed by atoms with Gasteiger partial charge in [0.2, 0.25) is 0 Å². The molecule has 0 aliphatic heterocycles. The van der Waals surface area contributed by atoms with E-state index in [1.54, 1.807) is 25.3 Å². The van der Waals surface area contributed by atoms with Crippen molar-refractivity contribution in [2.24, 2.45) is 0 Å². The van der Waals surface area contributed by atoms with Crippen molar-refractivity contribution in [3.8, 4) is 5.75 Å². The van der Waals surface area contributed by atoms with Crippen molar-refractivity contribution < 1.29 is 14.6 Å². The fourth-order valence-electron chi connectivity index (χ4n) is 0.847. The van der Waals surface area contributed by atoms with Gasteiger partial charge in [0.25, 0.3) is 0 Å². The molecule has 1 aromatic carbocycles. The Morgan fingerprint density at radius 3 is 3.08 bits per heavy atom. The lowest BCUT2D eigenvalue weighted by molar-refractivity contribution is -0.131. The summed E-state index contributed by atoms with van der Waals surface area (Å²) in [6.45, 7) is 0. The summed E-state index contributed by atoms with van der Waals surface area (Å²) in [5.41, 5.74) is 0.682. The molecule has 0 fully saturated rings. The zero-order valence-electron chi connectivity index (χ0n) is 7.15. The Morgan fingerprint density at radius 2 is 2.46 bits per heavy atom. The number of carboxylic acids is 1. The molecule has 3 heteroatoms. The van der Waals surface area contributed by atoms with Crippen molar-refractivity contribution in [3.05, 3.63) is 35.9 Å². The average Bonchev–Trinajstić information content (AvgIpc) is 2.15. The lowest BCUT2D eigenvalue weighted by Crippen LogP contribution is -1.86. The van der Waals surface area contributed by atoms with Gasteiger partial charge in [0.1, 0.15) is 5.75 Å². The number of ether oxygens (including phenoxy) is 1. The molecule has 0 aliphatic carbocycles. The van der Waals surface area contributed by atoms with E-state index in [0.29, 0.717) is 11.3 Å². The highest BCUT2D eigenvalue weighted by Gasteiger charge is 1.92. The van der Waals surface area contributed by atoms with Crippen molar-refractivity contribution in [1.82, 2.24) is 0 Å². The van der Waals surface area contributed by atoms with Gasteiger partial charge in [-0.3, -0.25) is 0 Å². The number of carbonyl (C=O) groups is 1. The predicted octanol–water partition coefficient (Wildman–Crippen LogP) is 1.59. The van der Waals surface area contributed by atoms with E-state index in [0.717, 1.165) is 6.08 Å². The van der Waals surface area contributed by atoms with Crippen LogP contribution in [0.15, 0.2) is 24.3 Å². The Bertz CT molecular complexity index is 329. The molecule has 1 aromatic rings. The van der Waals surface area contributed by atoms with E-state index < -0.39 is 5.97 Å². The first-order valence-electron chi connectivity index (χ1n) is 3.69. The fraction of sp³-hybridized carbons (Fsp3) is 0.100. The summed E-state index contributed by atoms with van der Waals surface area (Å²) in [5.74, 6) is -0.292. The van der Waals surface area contributed by atoms with Gasteiger partial charge < -0.3 is 9.84 Å². The molecule has 1 rings (SSSR count). The van der Waals surface area contributed by atoms with Crippen molar-refractivity contribution in [2.75, 3.05) is 7.11 Å². The molecule has 0 atom stereocenters. The van der Waals surface area contributed by atoms with Crippen molar-refractivity contribution in [2.45, 2.75) is 0 Å². The van der Waals surface area contributed by atoms with E-state index in [4.69, 9.17) is 9.84 Å². The third kappa shape index (κ3) is 2.99. The molecule has 0 unspecified atom stereocenters. The Balaban J connectivity index is 2.83. The van der Waals surface area contributed by atoms with E-state index >= 15 is 0 Å². The van der Waals surface area contributed by atoms with Gasteiger partial charge >= 0.3 is 5.97 Å². The SMILES string of the molecule is COc1cc[c]c(C=CC(=O)O)c1. The molecule has 3 nitrogen and oxygen atoms in total. The van der Waals surface area contributed by atoms with Crippen LogP contribution in [-0.4, -0.2) is 18.2 Å². The molecule has 0 bridgehead atoms. The summed E-state index contributed by atoms with van der Waals surface area (Å²) in [5, 5.41) is 8.37. The zero-order chi connectivity index (χ0) is 9.68. The second kappa shape index (κ2) is 4.30. The molecule has 13 heavy (non-hydrogen) atoms. The quantitative estimate of drug-likeness (QED) is 0.713. The first kappa shape index (κ1) is 9.32. The monoisotopic (exact) mass is 177 g/mol. The van der Waals surface area contributed by atoms with Gasteiger partial charge in [-0.1, -0.05) is 6.07 Å². The fourth-order valence-corrected chi connectivity index (χ4v) is 0.847. The van der Waals surface area contributed by atoms with Gasteiger partial charge in [-0.15, -0.1) is 0 Å². The highest BCUT2D eigenvalue weighted by atomic mass is 16.5. The molecule has 0 spiro atoms. The summed E-state index contributed by atoms with van der Waals surface area (Å²) in [6.07, 6.45) is 2.52. The van der Waals surface area contributed by atoms with Gasteiger partial charge in [0, 0.05) is 6.08 Å². The maximum Gasteiger partial charge on any atom is 0.328 e. The molecule has 0 saturated heterocycles. The molecule has 0 amide bonds. The standard InChI is InChI=1S/C10H9O3/c1-13-9-4-2-3-8(7-9)5-6-10(11)12/h2,4-7H,1H3,(H,11,12). The third-order valence-corrected chi connectivity index (χ3v) is 1.44. The van der Waals surface area contributed by atoms with Crippen LogP contribution in [0.3, 0.4) is 0 Å². The van der Waals surface area contributed by atoms with Crippen LogP contribution in [-0.2, 0) is 4.79 Å². The summed E-state index contributed by atoms with van der Waals surface area (Å²) >= 11 is 0. The Labute approximate surface area is 76.3 Å². The smallest absolute Gasteiger partial charge is 0.328 e. The van der Waals surface area contributed by atoms with Crippen LogP contribution >= 0.6 is 0 Å².